The highest BCUT2D eigenvalue weighted by molar-refractivity contribution is 5.98. The minimum Gasteiger partial charge on any atom is -0.491 e. The van der Waals surface area contributed by atoms with Gasteiger partial charge in [-0.3, -0.25) is 9.59 Å². The number of nitrogens with zero attached hydrogens (tertiary/aromatic N) is 1. The summed E-state index contributed by atoms with van der Waals surface area (Å²) in [5.74, 6) is 0.0432. The van der Waals surface area contributed by atoms with Crippen LogP contribution in [0.5, 0.6) is 17.2 Å². The van der Waals surface area contributed by atoms with Gasteiger partial charge in [0.2, 0.25) is 0 Å². The smallest absolute Gasteiger partial charge is 0.323 e. The Bertz CT molecular complexity index is 1080. The van der Waals surface area contributed by atoms with Gasteiger partial charge in [-0.1, -0.05) is 48.0 Å². The third kappa shape index (κ3) is 6.11. The summed E-state index contributed by atoms with van der Waals surface area (Å²) in [6.07, 6.45) is -0.0524. The van der Waals surface area contributed by atoms with Crippen LogP contribution in [0.4, 0.5) is 0 Å². The van der Waals surface area contributed by atoms with E-state index in [2.05, 4.69) is 0 Å². The van der Waals surface area contributed by atoms with E-state index in [4.69, 9.17) is 9.47 Å². The number of benzene rings is 3. The Morgan fingerprint density at radius 2 is 1.53 bits per heavy atom. The van der Waals surface area contributed by atoms with Crippen molar-refractivity contribution < 1.29 is 24.2 Å². The molecule has 0 saturated heterocycles. The zero-order chi connectivity index (χ0) is 23.1. The highest BCUT2D eigenvalue weighted by atomic mass is 16.5. The molecular weight excluding hydrogens is 406 g/mol. The molecule has 1 N–H and O–H groups in total. The second-order valence-electron chi connectivity index (χ2n) is 7.74. The Kier molecular flexibility index (Phi) is 7.49. The number of carbonyl (C=O) groups is 2. The fourth-order valence-corrected chi connectivity index (χ4v) is 3.21. The van der Waals surface area contributed by atoms with Crippen LogP contribution in [0.25, 0.3) is 0 Å². The van der Waals surface area contributed by atoms with Crippen LogP contribution in [-0.2, 0) is 11.3 Å². The van der Waals surface area contributed by atoms with Crippen LogP contribution in [-0.4, -0.2) is 34.5 Å². The summed E-state index contributed by atoms with van der Waals surface area (Å²) >= 11 is 0. The summed E-state index contributed by atoms with van der Waals surface area (Å²) in [5.41, 5.74) is 2.11. The minimum atomic E-state index is -1.10. The highest BCUT2D eigenvalue weighted by Gasteiger charge is 2.23. The Balaban J connectivity index is 1.90. The average molecular weight is 434 g/mol. The molecule has 0 aromatic heterocycles. The number of amides is 1. The summed E-state index contributed by atoms with van der Waals surface area (Å²) < 4.78 is 11.8. The average Bonchev–Trinajstić information content (AvgIpc) is 2.75. The molecule has 0 fully saturated rings. The molecule has 0 aliphatic carbocycles. The Morgan fingerprint density at radius 3 is 2.19 bits per heavy atom. The first kappa shape index (κ1) is 22.9. The summed E-state index contributed by atoms with van der Waals surface area (Å²) in [5, 5.41) is 9.45. The number of hydrogen-bond donors (Lipinski definition) is 1. The fraction of sp³-hybridized carbons (Fsp3) is 0.231. The van der Waals surface area contributed by atoms with Crippen LogP contribution < -0.4 is 9.47 Å². The molecule has 0 radical (unpaired) electrons. The Labute approximate surface area is 188 Å². The zero-order valence-electron chi connectivity index (χ0n) is 18.4. The quantitative estimate of drug-likeness (QED) is 0.495. The molecule has 0 atom stereocenters. The number of carbonyl (C=O) groups excluding carboxylic acids is 1. The summed E-state index contributed by atoms with van der Waals surface area (Å²) in [6.45, 7) is 5.44. The maximum Gasteiger partial charge on any atom is 0.323 e. The van der Waals surface area contributed by atoms with E-state index in [0.29, 0.717) is 17.2 Å². The molecule has 3 aromatic rings. The molecule has 32 heavy (non-hydrogen) atoms. The van der Waals surface area contributed by atoms with Crippen molar-refractivity contribution in [1.29, 1.82) is 0 Å². The summed E-state index contributed by atoms with van der Waals surface area (Å²) in [6, 6.07) is 21.6. The third-order valence-electron chi connectivity index (χ3n) is 4.68. The second kappa shape index (κ2) is 10.5. The SMILES string of the molecule is Cc1ccc(Oc2ccccc2C(=O)N(CC(=O)O)Cc2ccccc2OC(C)C)cc1. The van der Waals surface area contributed by atoms with Crippen LogP contribution >= 0.6 is 0 Å². The van der Waals surface area contributed by atoms with Crippen LogP contribution in [0.15, 0.2) is 72.8 Å². The lowest BCUT2D eigenvalue weighted by atomic mass is 10.1. The van der Waals surface area contributed by atoms with Gasteiger partial charge < -0.3 is 19.5 Å². The number of para-hydroxylation sites is 2. The van der Waals surface area contributed by atoms with E-state index in [1.807, 2.05) is 69.3 Å². The fourth-order valence-electron chi connectivity index (χ4n) is 3.21. The number of rotatable bonds is 9. The first-order chi connectivity index (χ1) is 15.3. The summed E-state index contributed by atoms with van der Waals surface area (Å²) in [7, 11) is 0. The van der Waals surface area contributed by atoms with Crippen molar-refractivity contribution in [3.63, 3.8) is 0 Å². The maximum absolute atomic E-state index is 13.4. The Hall–Kier alpha value is -3.80. The zero-order valence-corrected chi connectivity index (χ0v) is 18.4. The van der Waals surface area contributed by atoms with E-state index >= 15 is 0 Å². The normalized spacial score (nSPS) is 10.6. The van der Waals surface area contributed by atoms with Crippen molar-refractivity contribution >= 4 is 11.9 Å². The Morgan fingerprint density at radius 1 is 0.906 bits per heavy atom. The summed E-state index contributed by atoms with van der Waals surface area (Å²) in [4.78, 5) is 26.3. The van der Waals surface area contributed by atoms with Crippen LogP contribution in [0.1, 0.15) is 35.3 Å². The van der Waals surface area contributed by atoms with E-state index in [-0.39, 0.29) is 18.2 Å². The van der Waals surface area contributed by atoms with Gasteiger partial charge in [0.25, 0.3) is 5.91 Å². The van der Waals surface area contributed by atoms with E-state index < -0.39 is 18.4 Å². The number of aliphatic carboxylic acids is 1. The third-order valence-corrected chi connectivity index (χ3v) is 4.68. The number of hydrogen-bond acceptors (Lipinski definition) is 4. The molecule has 3 aromatic carbocycles. The maximum atomic E-state index is 13.4. The van der Waals surface area contributed by atoms with Gasteiger partial charge in [0.1, 0.15) is 23.8 Å². The van der Waals surface area contributed by atoms with Gasteiger partial charge in [0.05, 0.1) is 18.2 Å². The molecule has 0 aliphatic rings. The standard InChI is InChI=1S/C26H27NO5/c1-18(2)31-23-10-6-4-8-20(23)16-27(17-25(28)29)26(30)22-9-5-7-11-24(22)32-21-14-12-19(3)13-15-21/h4-15,18H,16-17H2,1-3H3,(H,28,29). The highest BCUT2D eigenvalue weighted by Crippen LogP contribution is 2.28. The first-order valence-corrected chi connectivity index (χ1v) is 10.4. The molecule has 6 heteroatoms. The van der Waals surface area contributed by atoms with Crippen molar-refractivity contribution in [2.24, 2.45) is 0 Å². The van der Waals surface area contributed by atoms with E-state index in [1.54, 1.807) is 24.3 Å². The lowest BCUT2D eigenvalue weighted by molar-refractivity contribution is -0.137. The molecule has 0 unspecified atom stereocenters. The van der Waals surface area contributed by atoms with Crippen LogP contribution in [0.3, 0.4) is 0 Å². The minimum absolute atomic E-state index is 0.0524. The van der Waals surface area contributed by atoms with Gasteiger partial charge in [-0.2, -0.15) is 0 Å². The lowest BCUT2D eigenvalue weighted by Gasteiger charge is -2.24. The van der Waals surface area contributed by atoms with Gasteiger partial charge in [-0.05, 0) is 51.1 Å². The molecule has 1 amide bonds. The topological polar surface area (TPSA) is 76.1 Å². The van der Waals surface area contributed by atoms with Gasteiger partial charge >= 0.3 is 5.97 Å². The number of aryl methyl sites for hydroxylation is 1. The number of carboxylic acids is 1. The molecule has 0 spiro atoms. The van der Waals surface area contributed by atoms with E-state index in [0.717, 1.165) is 11.1 Å². The van der Waals surface area contributed by atoms with Crippen molar-refractivity contribution in [3.05, 3.63) is 89.5 Å². The van der Waals surface area contributed by atoms with Crippen molar-refractivity contribution in [3.8, 4) is 17.2 Å². The predicted octanol–water partition coefficient (Wildman–Crippen LogP) is 5.30. The molecule has 0 saturated carbocycles. The lowest BCUT2D eigenvalue weighted by Crippen LogP contribution is -2.35. The molecule has 166 valence electrons. The molecule has 0 bridgehead atoms. The second-order valence-corrected chi connectivity index (χ2v) is 7.74. The first-order valence-electron chi connectivity index (χ1n) is 10.4. The monoisotopic (exact) mass is 433 g/mol. The molecular formula is C26H27NO5. The molecule has 6 nitrogen and oxygen atoms in total. The van der Waals surface area contributed by atoms with Crippen LogP contribution in [0, 0.1) is 6.92 Å². The van der Waals surface area contributed by atoms with E-state index in [1.165, 1.54) is 4.90 Å². The van der Waals surface area contributed by atoms with Gasteiger partial charge in [-0.15, -0.1) is 0 Å². The van der Waals surface area contributed by atoms with Crippen LogP contribution in [0.2, 0.25) is 0 Å². The molecule has 0 aliphatic heterocycles. The van der Waals surface area contributed by atoms with Gasteiger partial charge in [-0.25, -0.2) is 0 Å². The van der Waals surface area contributed by atoms with Gasteiger partial charge in [0.15, 0.2) is 0 Å². The largest absolute Gasteiger partial charge is 0.491 e. The number of ether oxygens (including phenoxy) is 2. The molecule has 3 rings (SSSR count). The van der Waals surface area contributed by atoms with E-state index in [9.17, 15) is 14.7 Å². The van der Waals surface area contributed by atoms with Crippen molar-refractivity contribution in [1.82, 2.24) is 4.90 Å². The van der Waals surface area contributed by atoms with Gasteiger partial charge in [0, 0.05) is 5.56 Å². The van der Waals surface area contributed by atoms with Crippen molar-refractivity contribution in [2.45, 2.75) is 33.4 Å². The number of carboxylic acid groups (broad SMARTS) is 1. The predicted molar refractivity (Wildman–Crippen MR) is 122 cm³/mol. The van der Waals surface area contributed by atoms with Crippen molar-refractivity contribution in [2.75, 3.05) is 6.54 Å². The molecule has 0 heterocycles.